The topological polar surface area (TPSA) is 54.0 Å². The second-order valence-electron chi connectivity index (χ2n) is 9.36. The van der Waals surface area contributed by atoms with Crippen molar-refractivity contribution in [3.63, 3.8) is 0 Å². The van der Waals surface area contributed by atoms with Crippen molar-refractivity contribution in [2.24, 2.45) is 0 Å². The number of thiophene rings is 1. The summed E-state index contributed by atoms with van der Waals surface area (Å²) in [6.07, 6.45) is 6.10. The number of nitrogens with zero attached hydrogens (tertiary/aromatic N) is 2. The second-order valence-corrected chi connectivity index (χ2v) is 10.4. The first kappa shape index (κ1) is 22.8. The fourth-order valence-corrected chi connectivity index (χ4v) is 6.65. The molecule has 1 aromatic carbocycles. The highest BCUT2D eigenvalue weighted by Gasteiger charge is 2.39. The van der Waals surface area contributed by atoms with E-state index in [1.165, 1.54) is 24.3 Å². The van der Waals surface area contributed by atoms with Gasteiger partial charge in [0.25, 0.3) is 5.91 Å². The van der Waals surface area contributed by atoms with E-state index in [-0.39, 0.29) is 11.4 Å². The molecule has 0 radical (unpaired) electrons. The van der Waals surface area contributed by atoms with Crippen molar-refractivity contribution in [3.05, 3.63) is 41.3 Å². The Labute approximate surface area is 200 Å². The summed E-state index contributed by atoms with van der Waals surface area (Å²) in [7, 11) is 0. The van der Waals surface area contributed by atoms with Crippen LogP contribution >= 0.6 is 11.3 Å². The number of amides is 1. The van der Waals surface area contributed by atoms with Crippen molar-refractivity contribution in [2.75, 3.05) is 64.1 Å². The fraction of sp³-hybridized carbons (Fsp3) is 0.577. The van der Waals surface area contributed by atoms with E-state index in [0.717, 1.165) is 88.0 Å². The predicted octanol–water partition coefficient (Wildman–Crippen LogP) is 4.02. The first-order valence-electron chi connectivity index (χ1n) is 12.4. The van der Waals surface area contributed by atoms with Crippen molar-refractivity contribution < 1.29 is 14.3 Å². The van der Waals surface area contributed by atoms with Crippen LogP contribution in [0.4, 0.5) is 5.00 Å². The zero-order valence-corrected chi connectivity index (χ0v) is 20.2. The molecule has 0 bridgehead atoms. The van der Waals surface area contributed by atoms with Gasteiger partial charge < -0.3 is 19.7 Å². The summed E-state index contributed by atoms with van der Waals surface area (Å²) in [5.74, 6) is 0.0508. The van der Waals surface area contributed by atoms with Gasteiger partial charge in [-0.15, -0.1) is 11.3 Å². The summed E-state index contributed by atoms with van der Waals surface area (Å²) in [6.45, 7) is 7.43. The number of hydrogen-bond donors (Lipinski definition) is 1. The molecule has 0 atom stereocenters. The van der Waals surface area contributed by atoms with Crippen molar-refractivity contribution in [1.29, 1.82) is 0 Å². The molecule has 0 spiro atoms. The SMILES string of the molecule is O=C(NCC1(N2CCOCC2)CCCCC1)c1cc(-c2ccccc2)c(N2CCOCC2)s1. The van der Waals surface area contributed by atoms with Crippen LogP contribution in [-0.2, 0) is 9.47 Å². The molecule has 5 rings (SSSR count). The molecule has 2 aliphatic heterocycles. The lowest BCUT2D eigenvalue weighted by Crippen LogP contribution is -2.59. The van der Waals surface area contributed by atoms with Gasteiger partial charge in [-0.2, -0.15) is 0 Å². The first-order valence-corrected chi connectivity index (χ1v) is 13.2. The summed E-state index contributed by atoms with van der Waals surface area (Å²) in [5, 5.41) is 4.52. The number of rotatable bonds is 6. The predicted molar refractivity (Wildman–Crippen MR) is 133 cm³/mol. The van der Waals surface area contributed by atoms with Gasteiger partial charge in [0, 0.05) is 43.8 Å². The first-order chi connectivity index (χ1) is 16.3. The molecule has 33 heavy (non-hydrogen) atoms. The molecule has 3 fully saturated rings. The molecule has 6 nitrogen and oxygen atoms in total. The van der Waals surface area contributed by atoms with Gasteiger partial charge in [-0.1, -0.05) is 49.6 Å². The van der Waals surface area contributed by atoms with Gasteiger partial charge in [0.05, 0.1) is 36.3 Å². The van der Waals surface area contributed by atoms with E-state index in [4.69, 9.17) is 9.47 Å². The van der Waals surface area contributed by atoms with E-state index in [2.05, 4.69) is 45.4 Å². The van der Waals surface area contributed by atoms with Gasteiger partial charge >= 0.3 is 0 Å². The van der Waals surface area contributed by atoms with Crippen LogP contribution < -0.4 is 10.2 Å². The van der Waals surface area contributed by atoms with Gasteiger partial charge in [0.15, 0.2) is 0 Å². The van der Waals surface area contributed by atoms with Gasteiger partial charge in [-0.25, -0.2) is 0 Å². The quantitative estimate of drug-likeness (QED) is 0.693. The normalized spacial score (nSPS) is 21.6. The summed E-state index contributed by atoms with van der Waals surface area (Å²) in [6, 6.07) is 12.5. The molecular weight excluding hydrogens is 434 g/mol. The highest BCUT2D eigenvalue weighted by Crippen LogP contribution is 2.40. The van der Waals surface area contributed by atoms with Crippen LogP contribution in [0.2, 0.25) is 0 Å². The third-order valence-electron chi connectivity index (χ3n) is 7.36. The maximum atomic E-state index is 13.4. The molecule has 1 aromatic heterocycles. The van der Waals surface area contributed by atoms with Crippen LogP contribution in [0.25, 0.3) is 11.1 Å². The minimum atomic E-state index is 0.0508. The molecule has 178 valence electrons. The lowest BCUT2D eigenvalue weighted by atomic mass is 9.79. The van der Waals surface area contributed by atoms with E-state index in [1.807, 2.05) is 6.07 Å². The highest BCUT2D eigenvalue weighted by atomic mass is 32.1. The molecule has 1 aliphatic carbocycles. The number of benzene rings is 1. The summed E-state index contributed by atoms with van der Waals surface area (Å²) < 4.78 is 11.2. The number of carbonyl (C=O) groups is 1. The average Bonchev–Trinajstić information content (AvgIpc) is 3.35. The Morgan fingerprint density at radius 1 is 0.939 bits per heavy atom. The van der Waals surface area contributed by atoms with Crippen LogP contribution in [0.3, 0.4) is 0 Å². The van der Waals surface area contributed by atoms with Gasteiger partial charge in [0.1, 0.15) is 0 Å². The molecule has 7 heteroatoms. The zero-order chi connectivity index (χ0) is 22.5. The van der Waals surface area contributed by atoms with Gasteiger partial charge in [-0.3, -0.25) is 9.69 Å². The standard InChI is InChI=1S/C26H35N3O3S/c30-24(27-20-26(9-5-2-6-10-26)29-13-17-32-18-14-29)23-19-22(21-7-3-1-4-8-21)25(33-23)28-11-15-31-16-12-28/h1,3-4,7-8,19H,2,5-6,9-18,20H2,(H,27,30). The van der Waals surface area contributed by atoms with E-state index >= 15 is 0 Å². The van der Waals surface area contributed by atoms with E-state index in [1.54, 1.807) is 11.3 Å². The smallest absolute Gasteiger partial charge is 0.261 e. The maximum absolute atomic E-state index is 13.4. The molecule has 3 aliphatic rings. The van der Waals surface area contributed by atoms with Crippen LogP contribution in [0.5, 0.6) is 0 Å². The second kappa shape index (κ2) is 10.6. The van der Waals surface area contributed by atoms with E-state index in [9.17, 15) is 4.79 Å². The number of carbonyl (C=O) groups excluding carboxylic acids is 1. The number of nitrogens with one attached hydrogen (secondary N) is 1. The highest BCUT2D eigenvalue weighted by molar-refractivity contribution is 7.18. The Kier molecular flexibility index (Phi) is 7.30. The van der Waals surface area contributed by atoms with Gasteiger partial charge in [0.2, 0.25) is 0 Å². The number of ether oxygens (including phenoxy) is 2. The third kappa shape index (κ3) is 5.11. The van der Waals surface area contributed by atoms with E-state index in [0.29, 0.717) is 0 Å². The molecule has 1 saturated carbocycles. The van der Waals surface area contributed by atoms with Crippen LogP contribution in [0.15, 0.2) is 36.4 Å². The number of morpholine rings is 2. The summed E-state index contributed by atoms with van der Waals surface area (Å²) in [4.78, 5) is 19.1. The lowest BCUT2D eigenvalue weighted by Gasteiger charge is -2.48. The van der Waals surface area contributed by atoms with Crippen molar-refractivity contribution in [3.8, 4) is 11.1 Å². The van der Waals surface area contributed by atoms with Crippen LogP contribution in [0, 0.1) is 0 Å². The molecule has 2 aromatic rings. The molecule has 0 unspecified atom stereocenters. The minimum absolute atomic E-state index is 0.0508. The van der Waals surface area contributed by atoms with Crippen LogP contribution in [0.1, 0.15) is 41.8 Å². The molecule has 1 amide bonds. The third-order valence-corrected chi connectivity index (χ3v) is 8.56. The Hall–Kier alpha value is -1.93. The maximum Gasteiger partial charge on any atom is 0.261 e. The van der Waals surface area contributed by atoms with Crippen LogP contribution in [-0.4, -0.2) is 75.5 Å². The van der Waals surface area contributed by atoms with Gasteiger partial charge in [-0.05, 0) is 24.5 Å². The Morgan fingerprint density at radius 2 is 1.61 bits per heavy atom. The fourth-order valence-electron chi connectivity index (χ4n) is 5.50. The monoisotopic (exact) mass is 469 g/mol. The Morgan fingerprint density at radius 3 is 2.30 bits per heavy atom. The molecule has 2 saturated heterocycles. The van der Waals surface area contributed by atoms with Crippen molar-refractivity contribution >= 4 is 22.2 Å². The summed E-state index contributed by atoms with van der Waals surface area (Å²) >= 11 is 1.61. The van der Waals surface area contributed by atoms with Crippen molar-refractivity contribution in [2.45, 2.75) is 37.6 Å². The Bertz CT molecular complexity index is 914. The minimum Gasteiger partial charge on any atom is -0.379 e. The zero-order valence-electron chi connectivity index (χ0n) is 19.4. The number of hydrogen-bond acceptors (Lipinski definition) is 6. The average molecular weight is 470 g/mol. The molecule has 3 heterocycles. The molecular formula is C26H35N3O3S. The Balaban J connectivity index is 1.36. The van der Waals surface area contributed by atoms with Crippen molar-refractivity contribution in [1.82, 2.24) is 10.2 Å². The lowest BCUT2D eigenvalue weighted by molar-refractivity contribution is -0.0361. The largest absolute Gasteiger partial charge is 0.379 e. The number of anilines is 1. The van der Waals surface area contributed by atoms with E-state index < -0.39 is 0 Å². The molecule has 1 N–H and O–H groups in total. The summed E-state index contributed by atoms with van der Waals surface area (Å²) in [5.41, 5.74) is 2.38.